The number of hydrogen-bond acceptors (Lipinski definition) is 2. The van der Waals surface area contributed by atoms with Crippen LogP contribution in [0.1, 0.15) is 11.7 Å². The summed E-state index contributed by atoms with van der Waals surface area (Å²) in [7, 11) is 1.53. The highest BCUT2D eigenvalue weighted by molar-refractivity contribution is 6.04. The van der Waals surface area contributed by atoms with E-state index in [2.05, 4.69) is 5.32 Å². The zero-order chi connectivity index (χ0) is 13.0. The topological polar surface area (TPSA) is 38.3 Å². The first-order chi connectivity index (χ1) is 8.70. The zero-order valence-corrected chi connectivity index (χ0v) is 9.44. The smallest absolute Gasteiger partial charge is 0.255 e. The van der Waals surface area contributed by atoms with Gasteiger partial charge < -0.3 is 10.1 Å². The number of para-hydroxylation sites is 1. The van der Waals surface area contributed by atoms with Crippen molar-refractivity contribution in [2.75, 3.05) is 12.4 Å². The van der Waals surface area contributed by atoms with E-state index in [0.29, 0.717) is 17.0 Å². The summed E-state index contributed by atoms with van der Waals surface area (Å²) in [6.45, 7) is 0. The Labute approximate surface area is 101 Å². The third-order valence-electron chi connectivity index (χ3n) is 2.30. The highest BCUT2D eigenvalue weighted by atomic mass is 16.5. The van der Waals surface area contributed by atoms with E-state index in [1.165, 1.54) is 13.2 Å². The average Bonchev–Trinajstić information content (AvgIpc) is 2.39. The highest BCUT2D eigenvalue weighted by Gasteiger charge is 2.05. The summed E-state index contributed by atoms with van der Waals surface area (Å²) in [5, 5.41) is 2.74. The van der Waals surface area contributed by atoms with E-state index in [0.717, 1.165) is 0 Å². The SMILES string of the molecule is [2H]c1cc(OC)ccc1C(=O)Nc1ccccc1. The third kappa shape index (κ3) is 2.84. The van der Waals surface area contributed by atoms with Crippen molar-refractivity contribution >= 4 is 11.6 Å². The van der Waals surface area contributed by atoms with E-state index >= 15 is 0 Å². The van der Waals surface area contributed by atoms with Crippen LogP contribution in [0.3, 0.4) is 0 Å². The molecule has 0 aliphatic heterocycles. The summed E-state index contributed by atoms with van der Waals surface area (Å²) in [4.78, 5) is 12.0. The summed E-state index contributed by atoms with van der Waals surface area (Å²) < 4.78 is 12.8. The van der Waals surface area contributed by atoms with Crippen molar-refractivity contribution in [3.05, 3.63) is 60.1 Å². The Balaban J connectivity index is 2.19. The van der Waals surface area contributed by atoms with Crippen LogP contribution in [0.15, 0.2) is 54.6 Å². The van der Waals surface area contributed by atoms with Gasteiger partial charge in [0.15, 0.2) is 0 Å². The molecule has 0 heterocycles. The molecule has 0 saturated heterocycles. The fourth-order valence-corrected chi connectivity index (χ4v) is 1.40. The molecule has 0 spiro atoms. The minimum absolute atomic E-state index is 0.141. The average molecular weight is 228 g/mol. The van der Waals surface area contributed by atoms with Gasteiger partial charge in [-0.3, -0.25) is 4.79 Å². The number of anilines is 1. The second kappa shape index (κ2) is 5.16. The lowest BCUT2D eigenvalue weighted by atomic mass is 10.2. The van der Waals surface area contributed by atoms with Gasteiger partial charge in [-0.05, 0) is 36.4 Å². The zero-order valence-electron chi connectivity index (χ0n) is 10.4. The van der Waals surface area contributed by atoms with Crippen LogP contribution >= 0.6 is 0 Å². The number of nitrogens with one attached hydrogen (secondary N) is 1. The number of benzene rings is 2. The second-order valence-corrected chi connectivity index (χ2v) is 3.46. The van der Waals surface area contributed by atoms with Crippen LogP contribution in [0.4, 0.5) is 5.69 Å². The van der Waals surface area contributed by atoms with E-state index in [9.17, 15) is 4.79 Å². The van der Waals surface area contributed by atoms with Crippen molar-refractivity contribution in [2.45, 2.75) is 0 Å². The van der Waals surface area contributed by atoms with E-state index in [1.807, 2.05) is 18.2 Å². The van der Waals surface area contributed by atoms with Crippen LogP contribution in [0.25, 0.3) is 0 Å². The minimum atomic E-state index is -0.297. The summed E-state index contributed by atoms with van der Waals surface area (Å²) in [5.74, 6) is 0.269. The van der Waals surface area contributed by atoms with Gasteiger partial charge in [0, 0.05) is 11.3 Å². The van der Waals surface area contributed by atoms with Gasteiger partial charge in [0.05, 0.1) is 8.48 Å². The van der Waals surface area contributed by atoms with Crippen molar-refractivity contribution < 1.29 is 10.9 Å². The molecule has 17 heavy (non-hydrogen) atoms. The van der Waals surface area contributed by atoms with Gasteiger partial charge in [-0.25, -0.2) is 0 Å². The molecule has 0 aliphatic carbocycles. The summed E-state index contributed by atoms with van der Waals surface area (Å²) in [5.41, 5.74) is 1.03. The molecule has 0 aromatic heterocycles. The lowest BCUT2D eigenvalue weighted by molar-refractivity contribution is 0.102. The van der Waals surface area contributed by atoms with Crippen LogP contribution in [-0.4, -0.2) is 13.0 Å². The summed E-state index contributed by atoms with van der Waals surface area (Å²) >= 11 is 0. The maximum Gasteiger partial charge on any atom is 0.255 e. The molecule has 0 saturated carbocycles. The molecular formula is C14H13NO2. The van der Waals surface area contributed by atoms with Crippen LogP contribution in [0.2, 0.25) is 0 Å². The molecule has 0 bridgehead atoms. The van der Waals surface area contributed by atoms with E-state index in [4.69, 9.17) is 6.11 Å². The fraction of sp³-hybridized carbons (Fsp3) is 0.0714. The Morgan fingerprint density at radius 3 is 2.59 bits per heavy atom. The fourth-order valence-electron chi connectivity index (χ4n) is 1.40. The first-order valence-corrected chi connectivity index (χ1v) is 5.22. The Kier molecular flexibility index (Phi) is 3.01. The van der Waals surface area contributed by atoms with Crippen molar-refractivity contribution in [2.24, 2.45) is 0 Å². The molecule has 3 nitrogen and oxygen atoms in total. The lowest BCUT2D eigenvalue weighted by Crippen LogP contribution is -2.11. The molecule has 1 amide bonds. The molecule has 0 fully saturated rings. The van der Waals surface area contributed by atoms with Gasteiger partial charge in [-0.1, -0.05) is 18.2 Å². The molecule has 1 N–H and O–H groups in total. The number of amides is 1. The van der Waals surface area contributed by atoms with E-state index in [-0.39, 0.29) is 11.9 Å². The standard InChI is InChI=1S/C14H13NO2/c1-17-13-9-7-11(8-10-13)14(16)15-12-5-3-2-4-6-12/h2-10H,1H3,(H,15,16)/i7D. The Morgan fingerprint density at radius 2 is 1.94 bits per heavy atom. The number of hydrogen-bond donors (Lipinski definition) is 1. The summed E-state index contributed by atoms with van der Waals surface area (Å²) in [6, 6.07) is 14.0. The first-order valence-electron chi connectivity index (χ1n) is 5.72. The van der Waals surface area contributed by atoms with Gasteiger partial charge >= 0.3 is 0 Å². The summed E-state index contributed by atoms with van der Waals surface area (Å²) in [6.07, 6.45) is 0. The monoisotopic (exact) mass is 228 g/mol. The minimum Gasteiger partial charge on any atom is -0.497 e. The molecule has 2 aromatic carbocycles. The molecule has 0 unspecified atom stereocenters. The molecular weight excluding hydrogens is 214 g/mol. The van der Waals surface area contributed by atoms with E-state index < -0.39 is 0 Å². The second-order valence-electron chi connectivity index (χ2n) is 3.46. The normalized spacial score (nSPS) is 10.5. The van der Waals surface area contributed by atoms with Crippen LogP contribution in [0.5, 0.6) is 5.75 Å². The quantitative estimate of drug-likeness (QED) is 0.877. The van der Waals surface area contributed by atoms with Gasteiger partial charge in [0.1, 0.15) is 5.75 Å². The Hall–Kier alpha value is -2.29. The Bertz CT molecular complexity index is 555. The van der Waals surface area contributed by atoms with Crippen molar-refractivity contribution in [1.82, 2.24) is 0 Å². The number of ether oxygens (including phenoxy) is 1. The molecule has 3 heteroatoms. The number of carbonyl (C=O) groups is 1. The van der Waals surface area contributed by atoms with Gasteiger partial charge in [-0.15, -0.1) is 0 Å². The maximum atomic E-state index is 12.0. The Morgan fingerprint density at radius 1 is 1.18 bits per heavy atom. The van der Waals surface area contributed by atoms with Crippen molar-refractivity contribution in [1.29, 1.82) is 0 Å². The lowest BCUT2D eigenvalue weighted by Gasteiger charge is -2.05. The van der Waals surface area contributed by atoms with Crippen molar-refractivity contribution in [3.8, 4) is 5.75 Å². The van der Waals surface area contributed by atoms with Crippen LogP contribution in [0, 0.1) is 0 Å². The number of rotatable bonds is 3. The van der Waals surface area contributed by atoms with Crippen LogP contribution in [-0.2, 0) is 0 Å². The van der Waals surface area contributed by atoms with Gasteiger partial charge in [0.25, 0.3) is 5.91 Å². The largest absolute Gasteiger partial charge is 0.497 e. The van der Waals surface area contributed by atoms with Gasteiger partial charge in [-0.2, -0.15) is 0 Å². The molecule has 0 radical (unpaired) electrons. The maximum absolute atomic E-state index is 12.0. The number of carbonyl (C=O) groups excluding carboxylic acids is 1. The highest BCUT2D eigenvalue weighted by Crippen LogP contribution is 2.13. The number of methoxy groups -OCH3 is 1. The third-order valence-corrected chi connectivity index (χ3v) is 2.30. The molecule has 2 rings (SSSR count). The van der Waals surface area contributed by atoms with E-state index in [1.54, 1.807) is 24.3 Å². The van der Waals surface area contributed by atoms with Crippen LogP contribution < -0.4 is 10.1 Å². The molecule has 86 valence electrons. The first kappa shape index (κ1) is 9.90. The molecule has 2 aromatic rings. The predicted octanol–water partition coefficient (Wildman–Crippen LogP) is 2.95. The predicted molar refractivity (Wildman–Crippen MR) is 67.4 cm³/mol. The van der Waals surface area contributed by atoms with Gasteiger partial charge in [0.2, 0.25) is 0 Å². The molecule has 0 atom stereocenters. The van der Waals surface area contributed by atoms with Crippen molar-refractivity contribution in [3.63, 3.8) is 0 Å². The molecule has 0 aliphatic rings.